The number of esters is 1. The zero-order valence-electron chi connectivity index (χ0n) is 26.6. The molecule has 8 atom stereocenters. The smallest absolute Gasteiger partial charge is 0.306 e. The van der Waals surface area contributed by atoms with Crippen LogP contribution in [0.25, 0.3) is 0 Å². The quantitative estimate of drug-likeness (QED) is 0.126. The first-order valence-corrected chi connectivity index (χ1v) is 17.0. The van der Waals surface area contributed by atoms with Crippen molar-refractivity contribution in [3.8, 4) is 0 Å². The number of unbranched alkanes of at least 4 members (excludes halogenated alkanes) is 6. The highest BCUT2D eigenvalue weighted by Gasteiger charge is 2.69. The molecule has 7 heteroatoms. The third kappa shape index (κ3) is 6.44. The Labute approximate surface area is 253 Å². The molecule has 238 valence electrons. The minimum Gasteiger partial charge on any atom is -0.458 e. The number of rotatable bonds is 15. The highest BCUT2D eigenvalue weighted by molar-refractivity contribution is 5.92. The molecular weight excluding hydrogens is 532 g/mol. The molecular formula is C35H56O7. The molecule has 0 bridgehead atoms. The molecule has 42 heavy (non-hydrogen) atoms. The van der Waals surface area contributed by atoms with Gasteiger partial charge in [0.2, 0.25) is 5.78 Å². The largest absolute Gasteiger partial charge is 0.458 e. The van der Waals surface area contributed by atoms with Gasteiger partial charge >= 0.3 is 5.97 Å². The van der Waals surface area contributed by atoms with Crippen molar-refractivity contribution in [3.63, 3.8) is 0 Å². The molecule has 0 radical (unpaired) electrons. The third-order valence-electron chi connectivity index (χ3n) is 11.7. The van der Waals surface area contributed by atoms with Crippen LogP contribution in [0.4, 0.5) is 0 Å². The van der Waals surface area contributed by atoms with Crippen LogP contribution in [0.1, 0.15) is 137 Å². The Kier molecular flexibility index (Phi) is 11.1. The Bertz CT molecular complexity index is 1010. The van der Waals surface area contributed by atoms with E-state index in [1.165, 1.54) is 5.57 Å². The van der Waals surface area contributed by atoms with Gasteiger partial charge < -0.3 is 19.7 Å². The third-order valence-corrected chi connectivity index (χ3v) is 11.7. The Morgan fingerprint density at radius 3 is 2.43 bits per heavy atom. The number of aliphatic hydroxyl groups is 2. The molecule has 4 aliphatic rings. The van der Waals surface area contributed by atoms with Crippen LogP contribution in [-0.4, -0.2) is 52.4 Å². The summed E-state index contributed by atoms with van der Waals surface area (Å²) in [5.41, 5.74) is -1.08. The first-order chi connectivity index (χ1) is 20.0. The minimum absolute atomic E-state index is 0.0227. The molecule has 7 nitrogen and oxygen atoms in total. The highest BCUT2D eigenvalue weighted by Crippen LogP contribution is 2.68. The number of carbonyl (C=O) groups excluding carboxylic acids is 3. The van der Waals surface area contributed by atoms with Crippen LogP contribution in [0.2, 0.25) is 0 Å². The van der Waals surface area contributed by atoms with E-state index in [4.69, 9.17) is 9.47 Å². The van der Waals surface area contributed by atoms with Crippen LogP contribution in [-0.2, 0) is 23.9 Å². The fraction of sp³-hybridized carbons (Fsp3) is 0.857. The Morgan fingerprint density at radius 1 is 1.00 bits per heavy atom. The minimum atomic E-state index is -1.32. The normalized spacial score (nSPS) is 36.4. The molecule has 0 aromatic rings. The standard InChI is InChI=1S/C35H56O7/c1-5-7-9-11-13-30(39)41-23-29(38)35(42-31(40)14-12-10-8-6-2)20-18-27-26-16-15-24-21-25(36)17-19-33(24,3)32(26)28(37)22-34(27,35)4/h21,26-28,31-32,37,40H,5-20,22-23H2,1-4H3. The molecule has 0 saturated heterocycles. The molecule has 2 N–H and O–H groups in total. The van der Waals surface area contributed by atoms with Gasteiger partial charge in [-0.1, -0.05) is 71.8 Å². The monoisotopic (exact) mass is 588 g/mol. The number of Topliss-reactive ketones (excluding diaryl/α,β-unsaturated/α-hetero) is 1. The van der Waals surface area contributed by atoms with Gasteiger partial charge in [-0.15, -0.1) is 0 Å². The number of ketones is 2. The number of carbonyl (C=O) groups is 3. The van der Waals surface area contributed by atoms with E-state index in [2.05, 4.69) is 27.7 Å². The zero-order chi connectivity index (χ0) is 30.5. The average molecular weight is 589 g/mol. The average Bonchev–Trinajstić information content (AvgIpc) is 3.24. The zero-order valence-corrected chi connectivity index (χ0v) is 26.6. The van der Waals surface area contributed by atoms with Gasteiger partial charge in [0.1, 0.15) is 5.60 Å². The maximum Gasteiger partial charge on any atom is 0.306 e. The lowest BCUT2D eigenvalue weighted by Gasteiger charge is -2.61. The summed E-state index contributed by atoms with van der Waals surface area (Å²) in [5.74, 6) is -0.140. The van der Waals surface area contributed by atoms with Crippen molar-refractivity contribution in [2.75, 3.05) is 6.61 Å². The Hall–Kier alpha value is -1.57. The van der Waals surface area contributed by atoms with Crippen molar-refractivity contribution in [1.29, 1.82) is 0 Å². The predicted molar refractivity (Wildman–Crippen MR) is 161 cm³/mol. The number of allylic oxidation sites excluding steroid dienone is 1. The number of aliphatic hydroxyl groups excluding tert-OH is 2. The van der Waals surface area contributed by atoms with E-state index < -0.39 is 23.4 Å². The molecule has 3 fully saturated rings. The molecule has 0 heterocycles. The van der Waals surface area contributed by atoms with E-state index >= 15 is 0 Å². The fourth-order valence-corrected chi connectivity index (χ4v) is 9.46. The molecule has 4 rings (SSSR count). The van der Waals surface area contributed by atoms with E-state index in [-0.39, 0.29) is 47.3 Å². The summed E-state index contributed by atoms with van der Waals surface area (Å²) in [5, 5.41) is 23.0. The highest BCUT2D eigenvalue weighted by atomic mass is 16.6. The SMILES string of the molecule is CCCCCCC(=O)OCC(=O)C1(OC(O)CCCCCC)CCC2C3CCC4=CC(=O)CCC4(C)C3C(O)CC21C. The molecule has 0 amide bonds. The van der Waals surface area contributed by atoms with E-state index in [1.807, 2.05) is 6.08 Å². The number of hydrogen-bond donors (Lipinski definition) is 2. The van der Waals surface area contributed by atoms with E-state index in [0.29, 0.717) is 32.1 Å². The van der Waals surface area contributed by atoms with Crippen LogP contribution in [0.5, 0.6) is 0 Å². The van der Waals surface area contributed by atoms with Gasteiger partial charge in [-0.05, 0) is 87.0 Å². The summed E-state index contributed by atoms with van der Waals surface area (Å²) in [6.45, 7) is 8.18. The van der Waals surface area contributed by atoms with Crippen molar-refractivity contribution in [3.05, 3.63) is 11.6 Å². The van der Waals surface area contributed by atoms with Gasteiger partial charge in [0.25, 0.3) is 0 Å². The van der Waals surface area contributed by atoms with E-state index in [1.54, 1.807) is 0 Å². The van der Waals surface area contributed by atoms with Crippen molar-refractivity contribution in [2.24, 2.45) is 28.6 Å². The summed E-state index contributed by atoms with van der Waals surface area (Å²) in [4.78, 5) is 38.9. The van der Waals surface area contributed by atoms with Crippen molar-refractivity contribution >= 4 is 17.5 Å². The van der Waals surface area contributed by atoms with E-state index in [0.717, 1.165) is 77.0 Å². The molecule has 0 aromatic heterocycles. The number of fused-ring (bicyclic) bond motifs is 5. The molecule has 0 aliphatic heterocycles. The topological polar surface area (TPSA) is 110 Å². The lowest BCUT2D eigenvalue weighted by atomic mass is 9.45. The fourth-order valence-electron chi connectivity index (χ4n) is 9.46. The lowest BCUT2D eigenvalue weighted by molar-refractivity contribution is -0.243. The molecule has 0 aromatic carbocycles. The van der Waals surface area contributed by atoms with Gasteiger partial charge in [-0.25, -0.2) is 0 Å². The van der Waals surface area contributed by atoms with Gasteiger partial charge in [-0.3, -0.25) is 14.4 Å². The Morgan fingerprint density at radius 2 is 1.71 bits per heavy atom. The lowest BCUT2D eigenvalue weighted by Crippen LogP contribution is -2.63. The van der Waals surface area contributed by atoms with Crippen LogP contribution >= 0.6 is 0 Å². The molecule has 3 saturated carbocycles. The van der Waals surface area contributed by atoms with E-state index in [9.17, 15) is 24.6 Å². The van der Waals surface area contributed by atoms with Gasteiger partial charge in [0, 0.05) is 18.3 Å². The number of ether oxygens (including phenoxy) is 2. The van der Waals surface area contributed by atoms with Crippen LogP contribution in [0, 0.1) is 28.6 Å². The van der Waals surface area contributed by atoms with Crippen molar-refractivity contribution in [1.82, 2.24) is 0 Å². The summed E-state index contributed by atoms with van der Waals surface area (Å²) in [7, 11) is 0. The van der Waals surface area contributed by atoms with Gasteiger partial charge in [0.05, 0.1) is 6.10 Å². The molecule has 8 unspecified atom stereocenters. The van der Waals surface area contributed by atoms with Crippen molar-refractivity contribution in [2.45, 2.75) is 155 Å². The second-order valence-corrected chi connectivity index (χ2v) is 14.3. The van der Waals surface area contributed by atoms with Crippen molar-refractivity contribution < 1.29 is 34.1 Å². The molecule has 4 aliphatic carbocycles. The maximum absolute atomic E-state index is 14.2. The Balaban J connectivity index is 1.57. The van der Waals surface area contributed by atoms with Gasteiger partial charge in [-0.2, -0.15) is 0 Å². The second-order valence-electron chi connectivity index (χ2n) is 14.3. The number of hydrogen-bond acceptors (Lipinski definition) is 7. The summed E-state index contributed by atoms with van der Waals surface area (Å²) in [6.07, 6.45) is 13.2. The first-order valence-electron chi connectivity index (χ1n) is 17.0. The predicted octanol–water partition coefficient (Wildman–Crippen LogP) is 6.62. The molecule has 0 spiro atoms. The second kappa shape index (κ2) is 14.0. The van der Waals surface area contributed by atoms with Crippen LogP contribution in [0.15, 0.2) is 11.6 Å². The summed E-state index contributed by atoms with van der Waals surface area (Å²) in [6, 6.07) is 0. The summed E-state index contributed by atoms with van der Waals surface area (Å²) >= 11 is 0. The van der Waals surface area contributed by atoms with Crippen LogP contribution < -0.4 is 0 Å². The first kappa shape index (κ1) is 33.3. The van der Waals surface area contributed by atoms with Crippen LogP contribution in [0.3, 0.4) is 0 Å². The maximum atomic E-state index is 14.2. The summed E-state index contributed by atoms with van der Waals surface area (Å²) < 4.78 is 12.0. The van der Waals surface area contributed by atoms with Gasteiger partial charge in [0.15, 0.2) is 18.7 Å².